The van der Waals surface area contributed by atoms with Crippen molar-refractivity contribution in [1.82, 2.24) is 29.9 Å². The summed E-state index contributed by atoms with van der Waals surface area (Å²) >= 11 is 0. The molecule has 0 spiro atoms. The lowest BCUT2D eigenvalue weighted by atomic mass is 10.0. The van der Waals surface area contributed by atoms with Gasteiger partial charge < -0.3 is 5.32 Å². The monoisotopic (exact) mass is 318 g/mol. The van der Waals surface area contributed by atoms with Crippen molar-refractivity contribution in [3.63, 3.8) is 0 Å². The second-order valence-electron chi connectivity index (χ2n) is 6.63. The van der Waals surface area contributed by atoms with E-state index in [2.05, 4.69) is 48.2 Å². The summed E-state index contributed by atoms with van der Waals surface area (Å²) in [5.74, 6) is 1.33. The zero-order chi connectivity index (χ0) is 17.1. The van der Waals surface area contributed by atoms with E-state index < -0.39 is 0 Å². The molecule has 1 N–H and O–H groups in total. The maximum atomic E-state index is 12.7. The molecule has 0 unspecified atom stereocenters. The second kappa shape index (κ2) is 6.93. The van der Waals surface area contributed by atoms with Crippen LogP contribution in [0.1, 0.15) is 68.1 Å². The van der Waals surface area contributed by atoms with Crippen LogP contribution in [0.5, 0.6) is 0 Å². The van der Waals surface area contributed by atoms with Crippen LogP contribution >= 0.6 is 0 Å². The van der Waals surface area contributed by atoms with Crippen molar-refractivity contribution >= 4 is 5.91 Å². The van der Waals surface area contributed by atoms with E-state index in [4.69, 9.17) is 0 Å². The van der Waals surface area contributed by atoms with E-state index in [-0.39, 0.29) is 17.9 Å². The number of amides is 1. The molecule has 2 rings (SSSR count). The van der Waals surface area contributed by atoms with Crippen molar-refractivity contribution in [3.05, 3.63) is 29.6 Å². The Hall–Kier alpha value is -2.18. The zero-order valence-corrected chi connectivity index (χ0v) is 14.7. The third-order valence-electron chi connectivity index (χ3n) is 3.79. The smallest absolute Gasteiger partial charge is 0.270 e. The van der Waals surface area contributed by atoms with Gasteiger partial charge in [-0.15, -0.1) is 0 Å². The second-order valence-corrected chi connectivity index (χ2v) is 6.63. The third kappa shape index (κ3) is 3.97. The zero-order valence-electron chi connectivity index (χ0n) is 14.7. The fourth-order valence-electron chi connectivity index (χ4n) is 2.54. The van der Waals surface area contributed by atoms with Crippen molar-refractivity contribution in [2.45, 2.75) is 46.1 Å². The Labute approximate surface area is 137 Å². The Morgan fingerprint density at radius 1 is 1.22 bits per heavy atom. The van der Waals surface area contributed by atoms with Gasteiger partial charge in [0.15, 0.2) is 0 Å². The predicted molar refractivity (Wildman–Crippen MR) is 88.0 cm³/mol. The molecule has 0 aliphatic rings. The molecule has 1 amide bonds. The lowest BCUT2D eigenvalue weighted by Crippen LogP contribution is -2.32. The molecule has 0 aliphatic carbocycles. The van der Waals surface area contributed by atoms with Crippen LogP contribution in [0.25, 0.3) is 0 Å². The van der Waals surface area contributed by atoms with Crippen molar-refractivity contribution in [2.75, 3.05) is 0 Å². The van der Waals surface area contributed by atoms with Gasteiger partial charge in [-0.2, -0.15) is 10.2 Å². The Kier molecular flexibility index (Phi) is 5.18. The van der Waals surface area contributed by atoms with Crippen molar-refractivity contribution < 1.29 is 4.79 Å². The van der Waals surface area contributed by atoms with E-state index in [1.54, 1.807) is 16.4 Å². The first-order chi connectivity index (χ1) is 10.8. The number of nitrogens with one attached hydrogen (secondary N) is 1. The van der Waals surface area contributed by atoms with Crippen LogP contribution in [0.3, 0.4) is 0 Å². The largest absolute Gasteiger partial charge is 0.341 e. The summed E-state index contributed by atoms with van der Waals surface area (Å²) in [6.07, 6.45) is 2.31. The van der Waals surface area contributed by atoms with E-state index >= 15 is 0 Å². The third-order valence-corrected chi connectivity index (χ3v) is 3.79. The lowest BCUT2D eigenvalue weighted by molar-refractivity contribution is 0.0919. The van der Waals surface area contributed by atoms with Gasteiger partial charge in [0.2, 0.25) is 0 Å². The summed E-state index contributed by atoms with van der Waals surface area (Å²) in [5, 5.41) is 11.6. The summed E-state index contributed by atoms with van der Waals surface area (Å²) in [4.78, 5) is 17.0. The number of carbonyl (C=O) groups is 1. The molecule has 1 atom stereocenters. The lowest BCUT2D eigenvalue weighted by Gasteiger charge is -2.19. The highest BCUT2D eigenvalue weighted by Crippen LogP contribution is 2.20. The number of nitrogens with zero attached hydrogens (tertiary/aromatic N) is 5. The highest BCUT2D eigenvalue weighted by atomic mass is 16.2. The van der Waals surface area contributed by atoms with E-state index in [9.17, 15) is 4.79 Å². The fraction of sp³-hybridized carbons (Fsp3) is 0.625. The van der Waals surface area contributed by atoms with Crippen LogP contribution in [0.2, 0.25) is 0 Å². The van der Waals surface area contributed by atoms with Gasteiger partial charge in [-0.3, -0.25) is 14.2 Å². The molecule has 7 heteroatoms. The Bertz CT molecular complexity index is 670. The molecule has 126 valence electrons. The molecule has 0 radical (unpaired) electrons. The number of hydrogen-bond acceptors (Lipinski definition) is 4. The van der Waals surface area contributed by atoms with E-state index in [1.807, 2.05) is 13.1 Å². The summed E-state index contributed by atoms with van der Waals surface area (Å²) < 4.78 is 3.34. The predicted octanol–water partition coefficient (Wildman–Crippen LogP) is 2.19. The molecule has 2 aromatic rings. The minimum atomic E-state index is -0.174. The number of rotatable bonds is 6. The van der Waals surface area contributed by atoms with Gasteiger partial charge in [0.05, 0.1) is 11.7 Å². The Balaban J connectivity index is 2.22. The van der Waals surface area contributed by atoms with Gasteiger partial charge >= 0.3 is 0 Å². The van der Waals surface area contributed by atoms with Gasteiger partial charge in [-0.1, -0.05) is 27.7 Å². The molecule has 0 bridgehead atoms. The standard InChI is InChI=1S/C16H26N6O/c1-10(2)7-13(15-17-9-18-22(15)6)19-16(23)14-8-12(11(3)4)20-21(14)5/h8-11,13H,7H2,1-6H3,(H,19,23)/t13-/m1/s1. The first-order valence-corrected chi connectivity index (χ1v) is 7.98. The summed E-state index contributed by atoms with van der Waals surface area (Å²) in [7, 11) is 3.63. The van der Waals surface area contributed by atoms with Crippen molar-refractivity contribution in [3.8, 4) is 0 Å². The number of carbonyl (C=O) groups excluding carboxylic acids is 1. The topological polar surface area (TPSA) is 77.6 Å². The summed E-state index contributed by atoms with van der Waals surface area (Å²) in [6, 6.07) is 1.68. The molecule has 0 aliphatic heterocycles. The molecular weight excluding hydrogens is 292 g/mol. The Morgan fingerprint density at radius 2 is 1.91 bits per heavy atom. The number of aryl methyl sites for hydroxylation is 2. The molecule has 0 saturated heterocycles. The van der Waals surface area contributed by atoms with E-state index in [0.29, 0.717) is 11.6 Å². The highest BCUT2D eigenvalue weighted by Gasteiger charge is 2.23. The van der Waals surface area contributed by atoms with Gasteiger partial charge in [0.25, 0.3) is 5.91 Å². The van der Waals surface area contributed by atoms with Crippen LogP contribution in [-0.2, 0) is 14.1 Å². The van der Waals surface area contributed by atoms with Crippen LogP contribution in [-0.4, -0.2) is 30.5 Å². The SMILES string of the molecule is CC(C)C[C@@H](NC(=O)c1cc(C(C)C)nn1C)c1ncnn1C. The molecule has 7 nitrogen and oxygen atoms in total. The van der Waals surface area contributed by atoms with E-state index in [0.717, 1.165) is 17.9 Å². The minimum absolute atomic E-state index is 0.138. The maximum absolute atomic E-state index is 12.7. The normalized spacial score (nSPS) is 12.9. The summed E-state index contributed by atoms with van der Waals surface area (Å²) in [6.45, 7) is 8.36. The molecule has 0 fully saturated rings. The fourth-order valence-corrected chi connectivity index (χ4v) is 2.54. The number of hydrogen-bond donors (Lipinski definition) is 1. The van der Waals surface area contributed by atoms with Gasteiger partial charge in [-0.25, -0.2) is 4.98 Å². The van der Waals surface area contributed by atoms with Gasteiger partial charge in [-0.05, 0) is 24.3 Å². The molecule has 23 heavy (non-hydrogen) atoms. The van der Waals surface area contributed by atoms with Crippen molar-refractivity contribution in [2.24, 2.45) is 20.0 Å². The van der Waals surface area contributed by atoms with E-state index in [1.165, 1.54) is 6.33 Å². The average Bonchev–Trinajstić information content (AvgIpc) is 3.03. The first kappa shape index (κ1) is 17.2. The molecule has 2 aromatic heterocycles. The highest BCUT2D eigenvalue weighted by molar-refractivity contribution is 5.92. The average molecular weight is 318 g/mol. The minimum Gasteiger partial charge on any atom is -0.341 e. The maximum Gasteiger partial charge on any atom is 0.270 e. The van der Waals surface area contributed by atoms with Crippen LogP contribution < -0.4 is 5.32 Å². The van der Waals surface area contributed by atoms with Crippen LogP contribution in [0.15, 0.2) is 12.4 Å². The van der Waals surface area contributed by atoms with Crippen molar-refractivity contribution in [1.29, 1.82) is 0 Å². The van der Waals surface area contributed by atoms with Crippen LogP contribution in [0, 0.1) is 5.92 Å². The molecule has 0 saturated carbocycles. The quantitative estimate of drug-likeness (QED) is 0.885. The first-order valence-electron chi connectivity index (χ1n) is 7.98. The van der Waals surface area contributed by atoms with Gasteiger partial charge in [0.1, 0.15) is 17.8 Å². The molecule has 0 aromatic carbocycles. The number of aromatic nitrogens is 5. The molecular formula is C16H26N6O. The molecule has 2 heterocycles. The summed E-state index contributed by atoms with van der Waals surface area (Å²) in [5.41, 5.74) is 1.47. The Morgan fingerprint density at radius 3 is 2.39 bits per heavy atom. The van der Waals surface area contributed by atoms with Gasteiger partial charge in [0, 0.05) is 14.1 Å². The van der Waals surface area contributed by atoms with Crippen LogP contribution in [0.4, 0.5) is 0 Å².